The normalized spacial score (nSPS) is 9.62. The van der Waals surface area contributed by atoms with Crippen LogP contribution in [0.3, 0.4) is 0 Å². The third-order valence-electron chi connectivity index (χ3n) is 3.88. The van der Waals surface area contributed by atoms with Crippen LogP contribution in [0, 0.1) is 29.5 Å². The van der Waals surface area contributed by atoms with Crippen LogP contribution in [0.15, 0.2) is 42.5 Å². The molecule has 2 aromatic rings. The van der Waals surface area contributed by atoms with Crippen LogP contribution in [0.1, 0.15) is 55.4 Å². The van der Waals surface area contributed by atoms with Crippen molar-refractivity contribution in [3.05, 3.63) is 70.5 Å². The minimum Gasteiger partial charge on any atom is -0.207 e. The quantitative estimate of drug-likeness (QED) is 0.503. The van der Waals surface area contributed by atoms with Gasteiger partial charge in [0.1, 0.15) is 5.82 Å². The largest absolute Gasteiger partial charge is 0.207 e. The molecule has 0 nitrogen and oxygen atoms in total. The molecule has 0 saturated heterocycles. The second kappa shape index (κ2) is 9.59. The fraction of sp³-hybridized carbons (Fsp3) is 0.304. The molecule has 0 fully saturated rings. The third-order valence-corrected chi connectivity index (χ3v) is 3.88. The average molecular weight is 318 g/mol. The monoisotopic (exact) mass is 318 g/mol. The van der Waals surface area contributed by atoms with Crippen molar-refractivity contribution in [1.29, 1.82) is 0 Å². The third kappa shape index (κ3) is 5.60. The van der Waals surface area contributed by atoms with Crippen LogP contribution in [0.25, 0.3) is 0 Å². The Morgan fingerprint density at radius 3 is 2.29 bits per heavy atom. The van der Waals surface area contributed by atoms with Gasteiger partial charge >= 0.3 is 0 Å². The van der Waals surface area contributed by atoms with E-state index in [1.165, 1.54) is 5.56 Å². The molecule has 0 aromatic heterocycles. The molecule has 0 amide bonds. The molecule has 0 N–H and O–H groups in total. The lowest BCUT2D eigenvalue weighted by atomic mass is 10.0. The average Bonchev–Trinajstić information content (AvgIpc) is 2.61. The summed E-state index contributed by atoms with van der Waals surface area (Å²) in [5, 5.41) is 0. The van der Waals surface area contributed by atoms with E-state index in [-0.39, 0.29) is 5.82 Å². The SMILES string of the molecule is CC#CCc1ccc(C#Cc2ccc(CCCCC)c(F)c2)cc1. The fourth-order valence-electron chi connectivity index (χ4n) is 2.43. The molecule has 0 aliphatic heterocycles. The Hall–Kier alpha value is -2.51. The second-order valence-corrected chi connectivity index (χ2v) is 5.81. The molecular weight excluding hydrogens is 295 g/mol. The Labute approximate surface area is 145 Å². The Morgan fingerprint density at radius 2 is 1.62 bits per heavy atom. The molecule has 122 valence electrons. The Balaban J connectivity index is 2.04. The summed E-state index contributed by atoms with van der Waals surface area (Å²) in [6.07, 6.45) is 4.88. The highest BCUT2D eigenvalue weighted by molar-refractivity contribution is 5.44. The molecule has 0 bridgehead atoms. The first-order chi connectivity index (χ1) is 11.7. The molecule has 0 heterocycles. The minimum absolute atomic E-state index is 0.147. The highest BCUT2D eigenvalue weighted by atomic mass is 19.1. The van der Waals surface area contributed by atoms with E-state index in [1.807, 2.05) is 43.3 Å². The van der Waals surface area contributed by atoms with Gasteiger partial charge < -0.3 is 0 Å². The van der Waals surface area contributed by atoms with Gasteiger partial charge in [0, 0.05) is 17.5 Å². The second-order valence-electron chi connectivity index (χ2n) is 5.81. The van der Waals surface area contributed by atoms with Gasteiger partial charge in [0.05, 0.1) is 0 Å². The van der Waals surface area contributed by atoms with Crippen molar-refractivity contribution in [2.24, 2.45) is 0 Å². The molecule has 0 radical (unpaired) electrons. The number of halogens is 1. The molecule has 2 rings (SSSR count). The van der Waals surface area contributed by atoms with E-state index in [1.54, 1.807) is 6.07 Å². The summed E-state index contributed by atoms with van der Waals surface area (Å²) in [5.74, 6) is 11.9. The van der Waals surface area contributed by atoms with Gasteiger partial charge in [-0.05, 0) is 55.2 Å². The summed E-state index contributed by atoms with van der Waals surface area (Å²) in [4.78, 5) is 0. The van der Waals surface area contributed by atoms with Gasteiger partial charge in [-0.25, -0.2) is 4.39 Å². The molecule has 0 atom stereocenters. The van der Waals surface area contributed by atoms with E-state index in [0.717, 1.165) is 43.2 Å². The van der Waals surface area contributed by atoms with Crippen LogP contribution < -0.4 is 0 Å². The van der Waals surface area contributed by atoms with Gasteiger partial charge in [0.15, 0.2) is 0 Å². The summed E-state index contributed by atoms with van der Waals surface area (Å²) < 4.78 is 14.1. The molecule has 0 saturated carbocycles. The molecule has 24 heavy (non-hydrogen) atoms. The maximum Gasteiger partial charge on any atom is 0.127 e. The van der Waals surface area contributed by atoms with E-state index < -0.39 is 0 Å². The first-order valence-electron chi connectivity index (χ1n) is 8.52. The van der Waals surface area contributed by atoms with Crippen LogP contribution >= 0.6 is 0 Å². The maximum atomic E-state index is 14.1. The van der Waals surface area contributed by atoms with Crippen LogP contribution in [0.5, 0.6) is 0 Å². The Morgan fingerprint density at radius 1 is 0.917 bits per heavy atom. The number of hydrogen-bond donors (Lipinski definition) is 0. The number of unbranched alkanes of at least 4 members (excludes halogenated alkanes) is 2. The first-order valence-corrected chi connectivity index (χ1v) is 8.52. The van der Waals surface area contributed by atoms with Gasteiger partial charge in [-0.2, -0.15) is 0 Å². The van der Waals surface area contributed by atoms with Crippen molar-refractivity contribution >= 4 is 0 Å². The van der Waals surface area contributed by atoms with Crippen molar-refractivity contribution < 1.29 is 4.39 Å². The molecular formula is C23H23F. The zero-order valence-electron chi connectivity index (χ0n) is 14.5. The van der Waals surface area contributed by atoms with Gasteiger partial charge in [0.25, 0.3) is 0 Å². The molecule has 0 spiro atoms. The lowest BCUT2D eigenvalue weighted by molar-refractivity contribution is 0.598. The summed E-state index contributed by atoms with van der Waals surface area (Å²) in [6, 6.07) is 13.3. The Kier molecular flexibility index (Phi) is 7.13. The molecule has 0 aliphatic rings. The van der Waals surface area contributed by atoms with Crippen molar-refractivity contribution in [2.45, 2.75) is 46.0 Å². The molecule has 0 unspecified atom stereocenters. The summed E-state index contributed by atoms with van der Waals surface area (Å²) in [6.45, 7) is 3.99. The smallest absolute Gasteiger partial charge is 0.127 e. The molecule has 2 aromatic carbocycles. The number of hydrogen-bond acceptors (Lipinski definition) is 0. The number of benzene rings is 2. The van der Waals surface area contributed by atoms with Gasteiger partial charge in [-0.1, -0.05) is 55.7 Å². The first kappa shape index (κ1) is 17.8. The van der Waals surface area contributed by atoms with Crippen LogP contribution in [-0.4, -0.2) is 0 Å². The molecule has 0 aliphatic carbocycles. The highest BCUT2D eigenvalue weighted by Crippen LogP contribution is 2.13. The predicted octanol–water partition coefficient (Wildman–Crippen LogP) is 5.52. The fourth-order valence-corrected chi connectivity index (χ4v) is 2.43. The van der Waals surface area contributed by atoms with Crippen molar-refractivity contribution in [3.8, 4) is 23.7 Å². The Bertz CT molecular complexity index is 777. The highest BCUT2D eigenvalue weighted by Gasteiger charge is 2.02. The predicted molar refractivity (Wildman–Crippen MR) is 99.2 cm³/mol. The van der Waals surface area contributed by atoms with E-state index >= 15 is 0 Å². The van der Waals surface area contributed by atoms with E-state index in [2.05, 4.69) is 30.6 Å². The van der Waals surface area contributed by atoms with E-state index in [0.29, 0.717) is 5.56 Å². The topological polar surface area (TPSA) is 0 Å². The van der Waals surface area contributed by atoms with Crippen molar-refractivity contribution in [2.75, 3.05) is 0 Å². The van der Waals surface area contributed by atoms with Crippen molar-refractivity contribution in [1.82, 2.24) is 0 Å². The zero-order chi connectivity index (χ0) is 17.2. The van der Waals surface area contributed by atoms with Crippen LogP contribution in [0.2, 0.25) is 0 Å². The number of aryl methyl sites for hydroxylation is 1. The van der Waals surface area contributed by atoms with Gasteiger partial charge in [-0.3, -0.25) is 0 Å². The zero-order valence-corrected chi connectivity index (χ0v) is 14.5. The van der Waals surface area contributed by atoms with Gasteiger partial charge in [-0.15, -0.1) is 5.92 Å². The summed E-state index contributed by atoms with van der Waals surface area (Å²) in [5.41, 5.74) is 3.61. The van der Waals surface area contributed by atoms with Crippen LogP contribution in [0.4, 0.5) is 4.39 Å². The maximum absolute atomic E-state index is 14.1. The lowest BCUT2D eigenvalue weighted by Crippen LogP contribution is -1.92. The standard InChI is InChI=1S/C23H23F/c1-3-5-7-9-22-17-16-21(18-23(22)24)15-14-20-12-10-19(11-13-20)8-6-4-2/h10-13,16-18H,3,5,7-9H2,1-2H3. The summed E-state index contributed by atoms with van der Waals surface area (Å²) in [7, 11) is 0. The number of rotatable bonds is 5. The minimum atomic E-state index is -0.147. The van der Waals surface area contributed by atoms with E-state index in [9.17, 15) is 4.39 Å². The summed E-state index contributed by atoms with van der Waals surface area (Å²) >= 11 is 0. The van der Waals surface area contributed by atoms with Gasteiger partial charge in [0.2, 0.25) is 0 Å². The lowest BCUT2D eigenvalue weighted by Gasteiger charge is -2.03. The van der Waals surface area contributed by atoms with Crippen LogP contribution in [-0.2, 0) is 12.8 Å². The van der Waals surface area contributed by atoms with E-state index in [4.69, 9.17) is 0 Å². The molecule has 1 heteroatoms. The van der Waals surface area contributed by atoms with Crippen molar-refractivity contribution in [3.63, 3.8) is 0 Å².